The van der Waals surface area contributed by atoms with Gasteiger partial charge in [0.15, 0.2) is 0 Å². The number of amides is 1. The fourth-order valence-corrected chi connectivity index (χ4v) is 3.65. The molecule has 0 bridgehead atoms. The number of aromatic nitrogens is 2. The molecule has 5 heteroatoms. The van der Waals surface area contributed by atoms with Crippen molar-refractivity contribution in [3.63, 3.8) is 0 Å². The number of hydrogen-bond acceptors (Lipinski definition) is 3. The number of fused-ring (bicyclic) bond motifs is 1. The SMILES string of the molecule is CCC(=O)Nc1ccc(CC)cc1-c1nc2ccccc2n(Cc2ccccc2)c1=O. The third-order valence-electron chi connectivity index (χ3n) is 5.38. The van der Waals surface area contributed by atoms with Gasteiger partial charge in [-0.15, -0.1) is 0 Å². The number of hydrogen-bond donors (Lipinski definition) is 1. The Labute approximate surface area is 181 Å². The number of nitrogens with zero attached hydrogens (tertiary/aromatic N) is 2. The van der Waals surface area contributed by atoms with Crippen molar-refractivity contribution in [1.29, 1.82) is 0 Å². The van der Waals surface area contributed by atoms with E-state index in [9.17, 15) is 9.59 Å². The molecule has 0 spiro atoms. The Morgan fingerprint density at radius 1 is 0.935 bits per heavy atom. The molecule has 0 saturated carbocycles. The Balaban J connectivity index is 1.96. The second-order valence-electron chi connectivity index (χ2n) is 7.46. The minimum atomic E-state index is -0.178. The minimum Gasteiger partial charge on any atom is -0.325 e. The van der Waals surface area contributed by atoms with Crippen LogP contribution in [0.1, 0.15) is 31.4 Å². The Morgan fingerprint density at radius 2 is 1.68 bits per heavy atom. The molecule has 1 aromatic heterocycles. The number of rotatable bonds is 6. The minimum absolute atomic E-state index is 0.101. The van der Waals surface area contributed by atoms with Crippen LogP contribution in [0.5, 0.6) is 0 Å². The topological polar surface area (TPSA) is 64.0 Å². The van der Waals surface area contributed by atoms with Gasteiger partial charge in [0.2, 0.25) is 5.91 Å². The lowest BCUT2D eigenvalue weighted by atomic mass is 10.0. The number of aryl methyl sites for hydroxylation is 1. The predicted octanol–water partition coefficient (Wildman–Crippen LogP) is 5.02. The maximum absolute atomic E-state index is 13.7. The van der Waals surface area contributed by atoms with Crippen molar-refractivity contribution in [2.24, 2.45) is 0 Å². The average Bonchev–Trinajstić information content (AvgIpc) is 2.81. The van der Waals surface area contributed by atoms with E-state index in [0.29, 0.717) is 29.9 Å². The largest absolute Gasteiger partial charge is 0.325 e. The number of anilines is 1. The predicted molar refractivity (Wildman–Crippen MR) is 125 cm³/mol. The fraction of sp³-hybridized carbons (Fsp3) is 0.192. The molecule has 0 atom stereocenters. The van der Waals surface area contributed by atoms with Gasteiger partial charge in [-0.3, -0.25) is 9.59 Å². The first-order valence-electron chi connectivity index (χ1n) is 10.6. The molecule has 31 heavy (non-hydrogen) atoms. The first-order valence-corrected chi connectivity index (χ1v) is 10.6. The summed E-state index contributed by atoms with van der Waals surface area (Å²) in [6, 6.07) is 23.3. The van der Waals surface area contributed by atoms with Crippen LogP contribution < -0.4 is 10.9 Å². The summed E-state index contributed by atoms with van der Waals surface area (Å²) in [5.41, 5.74) is 5.06. The van der Waals surface area contributed by atoms with Gasteiger partial charge in [0.25, 0.3) is 5.56 Å². The summed E-state index contributed by atoms with van der Waals surface area (Å²) in [5, 5.41) is 2.93. The summed E-state index contributed by atoms with van der Waals surface area (Å²) < 4.78 is 1.76. The van der Waals surface area contributed by atoms with E-state index in [1.54, 1.807) is 11.5 Å². The number of nitrogens with one attached hydrogen (secondary N) is 1. The highest BCUT2D eigenvalue weighted by Crippen LogP contribution is 2.28. The lowest BCUT2D eigenvalue weighted by Crippen LogP contribution is -2.25. The van der Waals surface area contributed by atoms with E-state index in [1.807, 2.05) is 72.8 Å². The number of benzene rings is 3. The summed E-state index contributed by atoms with van der Waals surface area (Å²) >= 11 is 0. The molecule has 0 unspecified atom stereocenters. The summed E-state index contributed by atoms with van der Waals surface area (Å²) in [7, 11) is 0. The summed E-state index contributed by atoms with van der Waals surface area (Å²) in [6.07, 6.45) is 1.18. The second kappa shape index (κ2) is 8.96. The van der Waals surface area contributed by atoms with Gasteiger partial charge in [0, 0.05) is 12.0 Å². The summed E-state index contributed by atoms with van der Waals surface area (Å²) in [5.74, 6) is -0.101. The van der Waals surface area contributed by atoms with E-state index in [4.69, 9.17) is 4.98 Å². The number of carbonyl (C=O) groups excluding carboxylic acids is 1. The third kappa shape index (κ3) is 4.26. The van der Waals surface area contributed by atoms with E-state index < -0.39 is 0 Å². The quantitative estimate of drug-likeness (QED) is 0.484. The van der Waals surface area contributed by atoms with Gasteiger partial charge >= 0.3 is 0 Å². The van der Waals surface area contributed by atoms with Crippen LogP contribution in [0.2, 0.25) is 0 Å². The van der Waals surface area contributed by atoms with Crippen molar-refractivity contribution in [3.05, 3.63) is 94.3 Å². The van der Waals surface area contributed by atoms with E-state index in [1.165, 1.54) is 0 Å². The van der Waals surface area contributed by atoms with Crippen LogP contribution >= 0.6 is 0 Å². The van der Waals surface area contributed by atoms with Gasteiger partial charge in [-0.05, 0) is 41.8 Å². The van der Waals surface area contributed by atoms with Crippen molar-refractivity contribution < 1.29 is 4.79 Å². The lowest BCUT2D eigenvalue weighted by Gasteiger charge is -2.16. The molecule has 3 aromatic carbocycles. The van der Waals surface area contributed by atoms with Crippen LogP contribution in [0.3, 0.4) is 0 Å². The Hall–Kier alpha value is -3.73. The normalized spacial score (nSPS) is 10.9. The molecule has 4 rings (SSSR count). The van der Waals surface area contributed by atoms with Crippen molar-refractivity contribution in [1.82, 2.24) is 9.55 Å². The van der Waals surface area contributed by atoms with Gasteiger partial charge < -0.3 is 9.88 Å². The molecule has 1 heterocycles. The zero-order valence-electron chi connectivity index (χ0n) is 17.8. The number of para-hydroxylation sites is 2. The molecule has 4 aromatic rings. The van der Waals surface area contributed by atoms with Crippen LogP contribution in [0.25, 0.3) is 22.3 Å². The molecule has 156 valence electrons. The molecular weight excluding hydrogens is 386 g/mol. The zero-order valence-corrected chi connectivity index (χ0v) is 17.8. The molecule has 1 N–H and O–H groups in total. The first kappa shape index (κ1) is 20.5. The van der Waals surface area contributed by atoms with Crippen LogP contribution in [0, 0.1) is 0 Å². The zero-order chi connectivity index (χ0) is 21.8. The van der Waals surface area contributed by atoms with Crippen LogP contribution in [0.4, 0.5) is 5.69 Å². The van der Waals surface area contributed by atoms with Gasteiger partial charge in [0.05, 0.1) is 23.3 Å². The average molecular weight is 412 g/mol. The van der Waals surface area contributed by atoms with E-state index >= 15 is 0 Å². The Kier molecular flexibility index (Phi) is 5.94. The van der Waals surface area contributed by atoms with Crippen molar-refractivity contribution in [2.75, 3.05) is 5.32 Å². The molecular formula is C26H25N3O2. The molecule has 0 aliphatic carbocycles. The smallest absolute Gasteiger partial charge is 0.277 e. The summed E-state index contributed by atoms with van der Waals surface area (Å²) in [6.45, 7) is 4.31. The fourth-order valence-electron chi connectivity index (χ4n) is 3.65. The molecule has 0 aliphatic heterocycles. The van der Waals surface area contributed by atoms with E-state index in [2.05, 4.69) is 12.2 Å². The standard InChI is InChI=1S/C26H25N3O2/c1-3-18-14-15-21(27-24(30)4-2)20(16-18)25-26(31)29(17-19-10-6-5-7-11-19)23-13-9-8-12-22(23)28-25/h5-16H,3-4,17H2,1-2H3,(H,27,30). The molecule has 1 amide bonds. The van der Waals surface area contributed by atoms with Crippen molar-refractivity contribution in [2.45, 2.75) is 33.2 Å². The maximum atomic E-state index is 13.7. The van der Waals surface area contributed by atoms with E-state index in [-0.39, 0.29) is 11.5 Å². The molecule has 5 nitrogen and oxygen atoms in total. The van der Waals surface area contributed by atoms with Gasteiger partial charge in [0.1, 0.15) is 5.69 Å². The Bertz CT molecular complexity index is 1290. The van der Waals surface area contributed by atoms with Crippen LogP contribution in [-0.2, 0) is 17.8 Å². The molecule has 0 fully saturated rings. The highest BCUT2D eigenvalue weighted by Gasteiger charge is 2.17. The first-order chi connectivity index (χ1) is 15.1. The van der Waals surface area contributed by atoms with Crippen molar-refractivity contribution in [3.8, 4) is 11.3 Å². The summed E-state index contributed by atoms with van der Waals surface area (Å²) in [4.78, 5) is 30.5. The monoisotopic (exact) mass is 411 g/mol. The van der Waals surface area contributed by atoms with Crippen molar-refractivity contribution >= 4 is 22.6 Å². The van der Waals surface area contributed by atoms with Gasteiger partial charge in [-0.2, -0.15) is 0 Å². The maximum Gasteiger partial charge on any atom is 0.277 e. The highest BCUT2D eigenvalue weighted by molar-refractivity contribution is 5.95. The molecule has 0 saturated heterocycles. The molecule has 0 radical (unpaired) electrons. The van der Waals surface area contributed by atoms with Crippen LogP contribution in [-0.4, -0.2) is 15.5 Å². The van der Waals surface area contributed by atoms with E-state index in [0.717, 1.165) is 28.6 Å². The lowest BCUT2D eigenvalue weighted by molar-refractivity contribution is -0.115. The number of carbonyl (C=O) groups is 1. The second-order valence-corrected chi connectivity index (χ2v) is 7.46. The Morgan fingerprint density at radius 3 is 2.42 bits per heavy atom. The molecule has 0 aliphatic rings. The van der Waals surface area contributed by atoms with Gasteiger partial charge in [-0.1, -0.05) is 62.4 Å². The highest BCUT2D eigenvalue weighted by atomic mass is 16.1. The van der Waals surface area contributed by atoms with Crippen LogP contribution in [0.15, 0.2) is 77.6 Å². The third-order valence-corrected chi connectivity index (χ3v) is 5.38. The van der Waals surface area contributed by atoms with Gasteiger partial charge in [-0.25, -0.2) is 4.98 Å².